The van der Waals surface area contributed by atoms with Crippen LogP contribution in [0.5, 0.6) is 11.5 Å². The first kappa shape index (κ1) is 22.5. The molecule has 2 heterocycles. The van der Waals surface area contributed by atoms with Crippen LogP contribution in [0.1, 0.15) is 18.4 Å². The molecule has 0 aliphatic carbocycles. The molecule has 6 heteroatoms. The number of hydrogen-bond acceptors (Lipinski definition) is 4. The summed E-state index contributed by atoms with van der Waals surface area (Å²) in [5, 5.41) is 5.23. The summed E-state index contributed by atoms with van der Waals surface area (Å²) < 4.78 is 10.6. The number of hydrogen-bond donors (Lipinski definition) is 2. The average Bonchev–Trinajstić information content (AvgIpc) is 3.27. The third-order valence-electron chi connectivity index (χ3n) is 6.18. The zero-order valence-corrected chi connectivity index (χ0v) is 19.8. The normalized spacial score (nSPS) is 11.0. The van der Waals surface area contributed by atoms with Gasteiger partial charge in [0.25, 0.3) is 0 Å². The van der Waals surface area contributed by atoms with Crippen molar-refractivity contribution in [3.63, 3.8) is 0 Å². The van der Waals surface area contributed by atoms with E-state index in [4.69, 9.17) is 14.5 Å². The molecule has 0 aliphatic heterocycles. The van der Waals surface area contributed by atoms with Crippen molar-refractivity contribution in [2.45, 2.75) is 19.3 Å². The molecule has 2 N–H and O–H groups in total. The van der Waals surface area contributed by atoms with E-state index in [2.05, 4.69) is 40.6 Å². The summed E-state index contributed by atoms with van der Waals surface area (Å²) in [6, 6.07) is 25.9. The fourth-order valence-electron chi connectivity index (χ4n) is 4.42. The van der Waals surface area contributed by atoms with Gasteiger partial charge in [-0.1, -0.05) is 42.5 Å². The van der Waals surface area contributed by atoms with Gasteiger partial charge in [0.2, 0.25) is 5.91 Å². The number of methoxy groups -OCH3 is 2. The van der Waals surface area contributed by atoms with E-state index in [-0.39, 0.29) is 5.91 Å². The Labute approximate surface area is 203 Å². The zero-order chi connectivity index (χ0) is 24.2. The number of aromatic nitrogens is 2. The molecule has 0 saturated heterocycles. The van der Waals surface area contributed by atoms with Gasteiger partial charge in [-0.2, -0.15) is 0 Å². The predicted octanol–water partition coefficient (Wildman–Crippen LogP) is 6.36. The number of aryl methyl sites for hydroxylation is 1. The maximum absolute atomic E-state index is 12.7. The van der Waals surface area contributed by atoms with Gasteiger partial charge < -0.3 is 19.8 Å². The molecule has 0 spiro atoms. The number of nitrogens with one attached hydrogen (secondary N) is 2. The van der Waals surface area contributed by atoms with Gasteiger partial charge in [-0.15, -0.1) is 0 Å². The molecule has 5 aromatic rings. The highest BCUT2D eigenvalue weighted by Gasteiger charge is 2.15. The second-order valence-corrected chi connectivity index (χ2v) is 8.38. The minimum absolute atomic E-state index is 0.0568. The fourth-order valence-corrected chi connectivity index (χ4v) is 4.42. The Bertz CT molecular complexity index is 1510. The minimum Gasteiger partial charge on any atom is -0.497 e. The summed E-state index contributed by atoms with van der Waals surface area (Å²) in [7, 11) is 3.17. The van der Waals surface area contributed by atoms with Crippen LogP contribution in [0.4, 0.5) is 5.69 Å². The van der Waals surface area contributed by atoms with Gasteiger partial charge in [0.15, 0.2) is 0 Å². The number of carbonyl (C=O) groups is 1. The summed E-state index contributed by atoms with van der Waals surface area (Å²) in [5.41, 5.74) is 5.75. The molecule has 0 radical (unpaired) electrons. The highest BCUT2D eigenvalue weighted by atomic mass is 16.5. The number of nitrogens with zero attached hydrogens (tertiary/aromatic N) is 1. The van der Waals surface area contributed by atoms with Crippen molar-refractivity contribution >= 4 is 33.4 Å². The van der Waals surface area contributed by atoms with E-state index in [0.29, 0.717) is 30.0 Å². The van der Waals surface area contributed by atoms with Crippen molar-refractivity contribution in [2.75, 3.05) is 19.5 Å². The highest BCUT2D eigenvalue weighted by molar-refractivity contribution is 5.93. The monoisotopic (exact) mass is 465 g/mol. The summed E-state index contributed by atoms with van der Waals surface area (Å²) in [5.74, 6) is 1.19. The maximum Gasteiger partial charge on any atom is 0.224 e. The number of benzene rings is 3. The third-order valence-corrected chi connectivity index (χ3v) is 6.18. The molecule has 176 valence electrons. The first-order chi connectivity index (χ1) is 17.2. The number of amides is 1. The summed E-state index contributed by atoms with van der Waals surface area (Å²) in [6.07, 6.45) is 1.84. The van der Waals surface area contributed by atoms with Gasteiger partial charge in [-0.3, -0.25) is 4.79 Å². The topological polar surface area (TPSA) is 76.2 Å². The molecule has 6 nitrogen and oxygen atoms in total. The minimum atomic E-state index is -0.0568. The lowest BCUT2D eigenvalue weighted by atomic mass is 10.0. The Morgan fingerprint density at radius 3 is 2.63 bits per heavy atom. The van der Waals surface area contributed by atoms with Crippen LogP contribution in [0.25, 0.3) is 33.2 Å². The molecule has 0 saturated carbocycles. The molecular formula is C29H27N3O3. The van der Waals surface area contributed by atoms with Gasteiger partial charge >= 0.3 is 0 Å². The van der Waals surface area contributed by atoms with Crippen LogP contribution in [0.2, 0.25) is 0 Å². The average molecular weight is 466 g/mol. The maximum atomic E-state index is 12.7. The number of para-hydroxylation sites is 2. The molecule has 2 aromatic heterocycles. The van der Waals surface area contributed by atoms with Crippen LogP contribution in [0.3, 0.4) is 0 Å². The molecule has 0 atom stereocenters. The number of aromatic amines is 1. The van der Waals surface area contributed by atoms with Gasteiger partial charge in [-0.05, 0) is 48.7 Å². The second kappa shape index (κ2) is 9.89. The van der Waals surface area contributed by atoms with Gasteiger partial charge in [0.1, 0.15) is 11.5 Å². The summed E-state index contributed by atoms with van der Waals surface area (Å²) in [6.45, 7) is 0. The van der Waals surface area contributed by atoms with E-state index in [1.807, 2.05) is 30.3 Å². The number of H-pyrrole nitrogens is 1. The van der Waals surface area contributed by atoms with Gasteiger partial charge in [0.05, 0.1) is 36.8 Å². The van der Waals surface area contributed by atoms with Crippen molar-refractivity contribution in [1.29, 1.82) is 0 Å². The quantitative estimate of drug-likeness (QED) is 0.279. The van der Waals surface area contributed by atoms with E-state index >= 15 is 0 Å². The van der Waals surface area contributed by atoms with Crippen LogP contribution in [-0.4, -0.2) is 30.1 Å². The molecule has 5 rings (SSSR count). The SMILES string of the molecule is COc1ccc(NC(=O)CCCc2c(-c3ccc4ccccc4n3)[nH]c3ccccc23)c(OC)c1. The number of carbonyl (C=O) groups excluding carboxylic acids is 1. The molecule has 35 heavy (non-hydrogen) atoms. The predicted molar refractivity (Wildman–Crippen MR) is 140 cm³/mol. The zero-order valence-electron chi connectivity index (χ0n) is 19.8. The van der Waals surface area contributed by atoms with Crippen LogP contribution < -0.4 is 14.8 Å². The van der Waals surface area contributed by atoms with Crippen LogP contribution in [0.15, 0.2) is 78.9 Å². The first-order valence-corrected chi connectivity index (χ1v) is 11.6. The van der Waals surface area contributed by atoms with E-state index in [1.165, 1.54) is 5.56 Å². The number of rotatable bonds is 8. The Morgan fingerprint density at radius 1 is 0.943 bits per heavy atom. The molecule has 3 aromatic carbocycles. The largest absolute Gasteiger partial charge is 0.497 e. The lowest BCUT2D eigenvalue weighted by molar-refractivity contribution is -0.116. The van der Waals surface area contributed by atoms with Crippen molar-refractivity contribution < 1.29 is 14.3 Å². The summed E-state index contributed by atoms with van der Waals surface area (Å²) >= 11 is 0. The Hall–Kier alpha value is -4.32. The van der Waals surface area contributed by atoms with Crippen molar-refractivity contribution in [3.8, 4) is 22.9 Å². The molecule has 0 bridgehead atoms. The summed E-state index contributed by atoms with van der Waals surface area (Å²) in [4.78, 5) is 21.2. The molecular weight excluding hydrogens is 438 g/mol. The molecule has 0 unspecified atom stereocenters. The number of ether oxygens (including phenoxy) is 2. The first-order valence-electron chi connectivity index (χ1n) is 11.6. The van der Waals surface area contributed by atoms with E-state index in [9.17, 15) is 4.79 Å². The lowest BCUT2D eigenvalue weighted by Gasteiger charge is -2.12. The van der Waals surface area contributed by atoms with Crippen molar-refractivity contribution in [3.05, 3.63) is 84.4 Å². The number of anilines is 1. The number of fused-ring (bicyclic) bond motifs is 2. The smallest absolute Gasteiger partial charge is 0.224 e. The van der Waals surface area contributed by atoms with Crippen molar-refractivity contribution in [2.24, 2.45) is 0 Å². The van der Waals surface area contributed by atoms with E-state index in [1.54, 1.807) is 32.4 Å². The van der Waals surface area contributed by atoms with Crippen LogP contribution in [0, 0.1) is 0 Å². The molecule has 0 aliphatic rings. The number of pyridine rings is 1. The van der Waals surface area contributed by atoms with E-state index in [0.717, 1.165) is 39.6 Å². The second-order valence-electron chi connectivity index (χ2n) is 8.38. The Balaban J connectivity index is 1.35. The standard InChI is InChI=1S/C29H27N3O3/c1-34-20-15-17-25(27(18-20)35-2)31-28(33)13-7-10-22-21-9-4-6-12-24(21)32-29(22)26-16-14-19-8-3-5-11-23(19)30-26/h3-6,8-9,11-12,14-18,32H,7,10,13H2,1-2H3,(H,31,33). The highest BCUT2D eigenvalue weighted by Crippen LogP contribution is 2.32. The van der Waals surface area contributed by atoms with Crippen LogP contribution >= 0.6 is 0 Å². The molecule has 1 amide bonds. The van der Waals surface area contributed by atoms with Crippen molar-refractivity contribution in [1.82, 2.24) is 9.97 Å². The lowest BCUT2D eigenvalue weighted by Crippen LogP contribution is -2.12. The molecule has 0 fully saturated rings. The Kier molecular flexibility index (Phi) is 6.35. The third kappa shape index (κ3) is 4.68. The van der Waals surface area contributed by atoms with Crippen LogP contribution in [-0.2, 0) is 11.2 Å². The van der Waals surface area contributed by atoms with Gasteiger partial charge in [0, 0.05) is 28.8 Å². The Morgan fingerprint density at radius 2 is 1.77 bits per heavy atom. The van der Waals surface area contributed by atoms with E-state index < -0.39 is 0 Å². The van der Waals surface area contributed by atoms with Gasteiger partial charge in [-0.25, -0.2) is 4.98 Å². The fraction of sp³-hybridized carbons (Fsp3) is 0.172.